The van der Waals surface area contributed by atoms with E-state index in [1.54, 1.807) is 0 Å². The summed E-state index contributed by atoms with van der Waals surface area (Å²) in [6.45, 7) is -1.00. The molecule has 0 aliphatic rings. The van der Waals surface area contributed by atoms with Gasteiger partial charge in [-0.1, -0.05) is 0 Å². The smallest absolute Gasteiger partial charge is 0.322 e. The second-order valence-corrected chi connectivity index (χ2v) is 2.39. The van der Waals surface area contributed by atoms with Crippen LogP contribution < -0.4 is 11.1 Å². The Bertz CT molecular complexity index is 195. The number of nitrogens with two attached hydrogens (primary N) is 1. The third-order valence-corrected chi connectivity index (χ3v) is 1.29. The van der Waals surface area contributed by atoms with Crippen LogP contribution in [0.15, 0.2) is 0 Å². The van der Waals surface area contributed by atoms with E-state index in [1.807, 2.05) is 0 Å². The maximum atomic E-state index is 10.7. The average Bonchev–Trinajstić information content (AvgIpc) is 2.11. The lowest BCUT2D eigenvalue weighted by molar-refractivity contribution is -0.138. The second kappa shape index (κ2) is 5.46. The Morgan fingerprint density at radius 2 is 2.00 bits per heavy atom. The van der Waals surface area contributed by atoms with E-state index < -0.39 is 30.6 Å². The van der Waals surface area contributed by atoms with Gasteiger partial charge in [0.05, 0.1) is 6.61 Å². The summed E-state index contributed by atoms with van der Waals surface area (Å²) < 4.78 is 0. The first-order valence-electron chi connectivity index (χ1n) is 3.54. The van der Waals surface area contributed by atoms with Crippen molar-refractivity contribution in [3.05, 3.63) is 0 Å². The van der Waals surface area contributed by atoms with Crippen LogP contribution in [0.3, 0.4) is 0 Å². The first-order chi connectivity index (χ1) is 5.99. The average molecular weight is 192 g/mol. The third kappa shape index (κ3) is 4.41. The highest BCUT2D eigenvalue weighted by Crippen LogP contribution is 1.81. The number of aliphatic hydroxyl groups is 2. The van der Waals surface area contributed by atoms with Crippen LogP contribution in [-0.4, -0.2) is 52.5 Å². The van der Waals surface area contributed by atoms with Crippen LogP contribution in [0.2, 0.25) is 0 Å². The van der Waals surface area contributed by atoms with E-state index in [9.17, 15) is 9.59 Å². The van der Waals surface area contributed by atoms with E-state index in [1.165, 1.54) is 0 Å². The molecule has 6 N–H and O–H groups in total. The predicted octanol–water partition coefficient (Wildman–Crippen LogP) is -3.13. The van der Waals surface area contributed by atoms with E-state index in [4.69, 9.17) is 21.1 Å². The molecule has 0 saturated heterocycles. The Kier molecular flexibility index (Phi) is 4.97. The van der Waals surface area contributed by atoms with Crippen molar-refractivity contribution in [2.24, 2.45) is 5.73 Å². The zero-order valence-electron chi connectivity index (χ0n) is 6.80. The zero-order valence-corrected chi connectivity index (χ0v) is 6.80. The number of carboxylic acids is 1. The fraction of sp³-hybridized carbons (Fsp3) is 0.667. The van der Waals surface area contributed by atoms with Crippen molar-refractivity contribution in [2.75, 3.05) is 13.2 Å². The van der Waals surface area contributed by atoms with Crippen LogP contribution in [0.4, 0.5) is 0 Å². The minimum Gasteiger partial charge on any atom is -0.480 e. The Labute approximate surface area is 74.2 Å². The minimum absolute atomic E-state index is 0.286. The zero-order chi connectivity index (χ0) is 10.4. The molecule has 0 heterocycles. The Morgan fingerprint density at radius 3 is 2.38 bits per heavy atom. The van der Waals surface area contributed by atoms with E-state index in [0.717, 1.165) is 0 Å². The van der Waals surface area contributed by atoms with Gasteiger partial charge in [0.25, 0.3) is 5.91 Å². The van der Waals surface area contributed by atoms with Gasteiger partial charge in [-0.3, -0.25) is 9.59 Å². The van der Waals surface area contributed by atoms with Crippen LogP contribution in [0.1, 0.15) is 0 Å². The molecule has 1 amide bonds. The third-order valence-electron chi connectivity index (χ3n) is 1.29. The summed E-state index contributed by atoms with van der Waals surface area (Å²) in [7, 11) is 0. The maximum Gasteiger partial charge on any atom is 0.322 e. The molecule has 0 aliphatic heterocycles. The van der Waals surface area contributed by atoms with Gasteiger partial charge >= 0.3 is 5.97 Å². The number of hydrogen-bond donors (Lipinski definition) is 5. The Hall–Kier alpha value is -1.18. The molecule has 0 spiro atoms. The van der Waals surface area contributed by atoms with Crippen LogP contribution in [0.5, 0.6) is 0 Å². The quantitative estimate of drug-likeness (QED) is 0.313. The highest BCUT2D eigenvalue weighted by atomic mass is 16.4. The van der Waals surface area contributed by atoms with Gasteiger partial charge in [0.15, 0.2) is 6.10 Å². The second-order valence-electron chi connectivity index (χ2n) is 2.39. The number of rotatable bonds is 5. The molecule has 0 bridgehead atoms. The molecule has 1 unspecified atom stereocenters. The van der Waals surface area contributed by atoms with Crippen molar-refractivity contribution in [1.82, 2.24) is 5.32 Å². The van der Waals surface area contributed by atoms with Gasteiger partial charge in [0.2, 0.25) is 0 Å². The van der Waals surface area contributed by atoms with Crippen molar-refractivity contribution in [3.63, 3.8) is 0 Å². The molecule has 13 heavy (non-hydrogen) atoms. The Balaban J connectivity index is 3.76. The Morgan fingerprint density at radius 1 is 1.46 bits per heavy atom. The largest absolute Gasteiger partial charge is 0.480 e. The van der Waals surface area contributed by atoms with Gasteiger partial charge in [0.1, 0.15) is 6.04 Å². The van der Waals surface area contributed by atoms with Crippen LogP contribution >= 0.6 is 0 Å². The maximum absolute atomic E-state index is 10.7. The van der Waals surface area contributed by atoms with Crippen molar-refractivity contribution in [3.8, 4) is 0 Å². The van der Waals surface area contributed by atoms with Gasteiger partial charge in [-0.05, 0) is 0 Å². The molecule has 76 valence electrons. The first kappa shape index (κ1) is 11.8. The van der Waals surface area contributed by atoms with Gasteiger partial charge in [-0.25, -0.2) is 0 Å². The van der Waals surface area contributed by atoms with Gasteiger partial charge in [-0.15, -0.1) is 0 Å². The van der Waals surface area contributed by atoms with Crippen LogP contribution in [0.25, 0.3) is 0 Å². The molecule has 2 atom stereocenters. The number of amides is 1. The minimum atomic E-state index is -1.54. The molecule has 0 saturated carbocycles. The summed E-state index contributed by atoms with van der Waals surface area (Å²) in [5.41, 5.74) is 5.05. The highest BCUT2D eigenvalue weighted by Gasteiger charge is 2.16. The van der Waals surface area contributed by atoms with Crippen LogP contribution in [0, 0.1) is 0 Å². The lowest BCUT2D eigenvalue weighted by atomic mass is 10.3. The molecule has 7 nitrogen and oxygen atoms in total. The van der Waals surface area contributed by atoms with Crippen molar-refractivity contribution in [2.45, 2.75) is 12.1 Å². The topological polar surface area (TPSA) is 133 Å². The van der Waals surface area contributed by atoms with Crippen molar-refractivity contribution in [1.29, 1.82) is 0 Å². The SMILES string of the molecule is N[C@@H](CNC(=O)C(O)CO)C(=O)O. The molecule has 0 aromatic carbocycles. The van der Waals surface area contributed by atoms with E-state index in [2.05, 4.69) is 5.32 Å². The molecule has 0 aliphatic carbocycles. The monoisotopic (exact) mass is 192 g/mol. The summed E-state index contributed by atoms with van der Waals surface area (Å²) in [4.78, 5) is 20.9. The molecular formula is C6H12N2O5. The first-order valence-corrected chi connectivity index (χ1v) is 3.54. The summed E-state index contributed by atoms with van der Waals surface area (Å²) in [6.07, 6.45) is -1.54. The van der Waals surface area contributed by atoms with Gasteiger partial charge in [-0.2, -0.15) is 0 Å². The van der Waals surface area contributed by atoms with Gasteiger partial charge in [0, 0.05) is 6.54 Å². The van der Waals surface area contributed by atoms with E-state index in [0.29, 0.717) is 0 Å². The number of hydrogen-bond acceptors (Lipinski definition) is 5. The summed E-state index contributed by atoms with van der Waals surface area (Å²) in [5.74, 6) is -2.10. The van der Waals surface area contributed by atoms with Crippen molar-refractivity contribution < 1.29 is 24.9 Å². The lowest BCUT2D eigenvalue weighted by Gasteiger charge is -2.10. The highest BCUT2D eigenvalue weighted by molar-refractivity contribution is 5.81. The number of carbonyl (C=O) groups is 2. The van der Waals surface area contributed by atoms with Crippen molar-refractivity contribution >= 4 is 11.9 Å². The predicted molar refractivity (Wildman–Crippen MR) is 41.7 cm³/mol. The number of aliphatic carboxylic acids is 1. The molecule has 0 aromatic heterocycles. The molecule has 0 aromatic rings. The number of nitrogens with one attached hydrogen (secondary N) is 1. The van der Waals surface area contributed by atoms with Gasteiger partial charge < -0.3 is 26.4 Å². The molecule has 7 heteroatoms. The van der Waals surface area contributed by atoms with Crippen LogP contribution in [-0.2, 0) is 9.59 Å². The standard InChI is InChI=1S/C6H12N2O5/c7-3(6(12)13)1-8-5(11)4(10)2-9/h3-4,9-10H,1-2,7H2,(H,8,11)(H,12,13)/t3-,4?/m0/s1. The normalized spacial score (nSPS) is 14.7. The molecule has 0 rings (SSSR count). The lowest BCUT2D eigenvalue weighted by Crippen LogP contribution is -2.46. The molecule has 0 fully saturated rings. The summed E-state index contributed by atoms with van der Waals surface area (Å²) in [6, 6.07) is -1.21. The molecular weight excluding hydrogens is 180 g/mol. The fourth-order valence-electron chi connectivity index (χ4n) is 0.499. The summed E-state index contributed by atoms with van der Waals surface area (Å²) in [5, 5.41) is 27.4. The number of carbonyl (C=O) groups excluding carboxylic acids is 1. The number of carboxylic acid groups (broad SMARTS) is 1. The van der Waals surface area contributed by atoms with E-state index >= 15 is 0 Å². The fourth-order valence-corrected chi connectivity index (χ4v) is 0.499. The number of aliphatic hydroxyl groups excluding tert-OH is 2. The molecule has 0 radical (unpaired) electrons. The van der Waals surface area contributed by atoms with E-state index in [-0.39, 0.29) is 6.54 Å². The summed E-state index contributed by atoms with van der Waals surface area (Å²) >= 11 is 0.